The fourth-order valence-electron chi connectivity index (χ4n) is 3.67. The lowest BCUT2D eigenvalue weighted by Crippen LogP contribution is -2.33. The number of halogens is 3. The maximum Gasteiger partial charge on any atom is 0.162 e. The molecule has 7 heteroatoms. The number of aliphatic imine (C=N–C) groups is 1. The van der Waals surface area contributed by atoms with E-state index in [-0.39, 0.29) is 17.6 Å². The minimum Gasteiger partial charge on any atom is -0.504 e. The molecule has 0 amide bonds. The van der Waals surface area contributed by atoms with Crippen LogP contribution in [-0.4, -0.2) is 17.4 Å². The van der Waals surface area contributed by atoms with Crippen LogP contribution >= 0.6 is 31.9 Å². The van der Waals surface area contributed by atoms with E-state index in [1.54, 1.807) is 18.2 Å². The van der Waals surface area contributed by atoms with E-state index in [1.807, 2.05) is 43.3 Å². The highest BCUT2D eigenvalue weighted by Crippen LogP contribution is 2.39. The van der Waals surface area contributed by atoms with Crippen molar-refractivity contribution in [3.63, 3.8) is 0 Å². The van der Waals surface area contributed by atoms with Crippen LogP contribution in [0.4, 0.5) is 4.39 Å². The molecule has 1 aliphatic rings. The van der Waals surface area contributed by atoms with E-state index >= 15 is 0 Å². The van der Waals surface area contributed by atoms with E-state index in [1.165, 1.54) is 6.07 Å². The van der Waals surface area contributed by atoms with E-state index in [2.05, 4.69) is 37.2 Å². The monoisotopic (exact) mass is 546 g/mol. The normalized spacial score (nSPS) is 18.5. The van der Waals surface area contributed by atoms with Gasteiger partial charge in [-0.15, -0.1) is 0 Å². The summed E-state index contributed by atoms with van der Waals surface area (Å²) in [7, 11) is 0. The van der Waals surface area contributed by atoms with Crippen molar-refractivity contribution in [3.05, 3.63) is 92.1 Å². The van der Waals surface area contributed by atoms with Gasteiger partial charge in [-0.2, -0.15) is 0 Å². The molecule has 2 atom stereocenters. The zero-order valence-corrected chi connectivity index (χ0v) is 20.0. The van der Waals surface area contributed by atoms with Gasteiger partial charge in [-0.25, -0.2) is 4.39 Å². The second-order valence-electron chi connectivity index (χ2n) is 7.21. The predicted octanol–water partition coefficient (Wildman–Crippen LogP) is 6.68. The number of ether oxygens (including phenoxy) is 1. The topological polar surface area (TPSA) is 53.8 Å². The van der Waals surface area contributed by atoms with Gasteiger partial charge in [-0.3, -0.25) is 10.3 Å². The Morgan fingerprint density at radius 3 is 2.61 bits per heavy atom. The summed E-state index contributed by atoms with van der Waals surface area (Å²) in [4.78, 5) is 4.92. The average molecular weight is 548 g/mol. The molecule has 0 saturated carbocycles. The van der Waals surface area contributed by atoms with Crippen LogP contribution in [0.25, 0.3) is 0 Å². The third kappa shape index (κ3) is 4.84. The molecule has 0 aliphatic carbocycles. The molecule has 0 unspecified atom stereocenters. The van der Waals surface area contributed by atoms with Gasteiger partial charge in [0.1, 0.15) is 12.0 Å². The molecule has 1 heterocycles. The van der Waals surface area contributed by atoms with Crippen LogP contribution < -0.4 is 10.1 Å². The summed E-state index contributed by atoms with van der Waals surface area (Å²) in [5.41, 5.74) is 3.47. The van der Waals surface area contributed by atoms with Crippen LogP contribution in [0, 0.1) is 5.82 Å². The van der Waals surface area contributed by atoms with Gasteiger partial charge in [-0.1, -0.05) is 46.3 Å². The molecule has 0 fully saturated rings. The molecule has 0 saturated heterocycles. The highest BCUT2D eigenvalue weighted by atomic mass is 79.9. The van der Waals surface area contributed by atoms with Gasteiger partial charge < -0.3 is 9.84 Å². The summed E-state index contributed by atoms with van der Waals surface area (Å²) in [6.45, 7) is 2.35. The Morgan fingerprint density at radius 1 is 1.13 bits per heavy atom. The van der Waals surface area contributed by atoms with Crippen molar-refractivity contribution in [3.8, 4) is 11.5 Å². The lowest BCUT2D eigenvalue weighted by Gasteiger charge is -2.31. The minimum absolute atomic E-state index is 0.123. The van der Waals surface area contributed by atoms with E-state index in [4.69, 9.17) is 9.73 Å². The quantitative estimate of drug-likeness (QED) is 0.374. The Balaban J connectivity index is 1.76. The Morgan fingerprint density at radius 2 is 1.90 bits per heavy atom. The van der Waals surface area contributed by atoms with Crippen molar-refractivity contribution in [1.82, 2.24) is 5.32 Å². The first-order valence-electron chi connectivity index (χ1n) is 9.94. The Bertz CT molecular complexity index is 1120. The molecule has 3 aromatic rings. The summed E-state index contributed by atoms with van der Waals surface area (Å²) < 4.78 is 20.7. The highest BCUT2D eigenvalue weighted by Gasteiger charge is 2.29. The number of phenolic OH excluding ortho intramolecular Hbond substituents is 1. The first-order chi connectivity index (χ1) is 15.0. The number of hydrogen-bond acceptors (Lipinski definition) is 4. The average Bonchev–Trinajstić information content (AvgIpc) is 2.77. The zero-order chi connectivity index (χ0) is 22.0. The maximum absolute atomic E-state index is 13.8. The van der Waals surface area contributed by atoms with E-state index in [0.717, 1.165) is 26.9 Å². The third-order valence-electron chi connectivity index (χ3n) is 5.18. The van der Waals surface area contributed by atoms with Gasteiger partial charge in [0.05, 0.1) is 11.1 Å². The van der Waals surface area contributed by atoms with Crippen molar-refractivity contribution in [2.45, 2.75) is 25.6 Å². The maximum atomic E-state index is 13.8. The summed E-state index contributed by atoms with van der Waals surface area (Å²) in [6.07, 6.45) is 0.188. The molecule has 31 heavy (non-hydrogen) atoms. The van der Waals surface area contributed by atoms with Crippen LogP contribution in [-0.2, 0) is 0 Å². The van der Waals surface area contributed by atoms with Gasteiger partial charge in [-0.05, 0) is 64.3 Å². The van der Waals surface area contributed by atoms with Crippen LogP contribution in [0.1, 0.15) is 42.2 Å². The van der Waals surface area contributed by atoms with E-state index < -0.39 is 6.17 Å². The number of benzene rings is 3. The highest BCUT2D eigenvalue weighted by molar-refractivity contribution is 9.10. The number of para-hydroxylation sites is 1. The molecule has 0 aromatic heterocycles. The minimum atomic E-state index is -0.399. The third-order valence-corrected chi connectivity index (χ3v) is 6.32. The van der Waals surface area contributed by atoms with Gasteiger partial charge in [0.2, 0.25) is 0 Å². The smallest absolute Gasteiger partial charge is 0.162 e. The molecule has 4 rings (SSSR count). The molecular weight excluding hydrogens is 527 g/mol. The lowest BCUT2D eigenvalue weighted by molar-refractivity contribution is 0.313. The van der Waals surface area contributed by atoms with E-state index in [9.17, 15) is 9.50 Å². The standard InChI is InChI=1S/C24H21Br2FN2O2/c1-2-31-22-5-3-4-17(23(22)30)21-13-20(14-6-9-16(25)10-7-14)28-24(29-21)15-8-11-19(27)18(26)12-15/h3-12,21,24,29-30H,2,13H2,1H3/t21-,24-/m1/s1. The Hall–Kier alpha value is -2.22. The van der Waals surface area contributed by atoms with Gasteiger partial charge in [0, 0.05) is 28.2 Å². The van der Waals surface area contributed by atoms with Crippen LogP contribution in [0.3, 0.4) is 0 Å². The molecule has 0 radical (unpaired) electrons. The number of rotatable bonds is 5. The SMILES string of the molecule is CCOc1cccc([C@H]2CC(c3ccc(Br)cc3)=N[C@@H](c3ccc(F)c(Br)c3)N2)c1O. The van der Waals surface area contributed by atoms with Crippen molar-refractivity contribution in [2.75, 3.05) is 6.61 Å². The van der Waals surface area contributed by atoms with Crippen molar-refractivity contribution >= 4 is 37.6 Å². The first kappa shape index (κ1) is 22.0. The summed E-state index contributed by atoms with van der Waals surface area (Å²) >= 11 is 6.74. The number of phenols is 1. The first-order valence-corrected chi connectivity index (χ1v) is 11.5. The number of nitrogens with one attached hydrogen (secondary N) is 1. The van der Waals surface area contributed by atoms with Crippen molar-refractivity contribution in [2.24, 2.45) is 4.99 Å². The molecule has 0 spiro atoms. The largest absolute Gasteiger partial charge is 0.504 e. The van der Waals surface area contributed by atoms with Gasteiger partial charge >= 0.3 is 0 Å². The second kappa shape index (κ2) is 9.51. The van der Waals surface area contributed by atoms with Crippen molar-refractivity contribution in [1.29, 1.82) is 0 Å². The van der Waals surface area contributed by atoms with Gasteiger partial charge in [0.15, 0.2) is 11.5 Å². The van der Waals surface area contributed by atoms with Gasteiger partial charge in [0.25, 0.3) is 0 Å². The molecule has 1 aliphatic heterocycles. The lowest BCUT2D eigenvalue weighted by atomic mass is 9.93. The Labute approximate surface area is 197 Å². The Kier molecular flexibility index (Phi) is 6.74. The fraction of sp³-hybridized carbons (Fsp3) is 0.208. The molecule has 2 N–H and O–H groups in total. The summed E-state index contributed by atoms with van der Waals surface area (Å²) in [6, 6.07) is 18.2. The molecule has 160 valence electrons. The predicted molar refractivity (Wildman–Crippen MR) is 127 cm³/mol. The van der Waals surface area contributed by atoms with Crippen molar-refractivity contribution < 1.29 is 14.2 Å². The molecule has 4 nitrogen and oxygen atoms in total. The zero-order valence-electron chi connectivity index (χ0n) is 16.8. The van der Waals surface area contributed by atoms with E-state index in [0.29, 0.717) is 23.2 Å². The number of hydrogen-bond donors (Lipinski definition) is 2. The molecular formula is C24H21Br2FN2O2. The van der Waals surface area contributed by atoms with Crippen LogP contribution in [0.2, 0.25) is 0 Å². The van der Waals surface area contributed by atoms with Crippen LogP contribution in [0.5, 0.6) is 11.5 Å². The summed E-state index contributed by atoms with van der Waals surface area (Å²) in [5, 5.41) is 14.3. The fourth-order valence-corrected chi connectivity index (χ4v) is 4.33. The van der Waals surface area contributed by atoms with Crippen LogP contribution in [0.15, 0.2) is 74.6 Å². The number of aromatic hydroxyl groups is 1. The molecule has 0 bridgehead atoms. The number of nitrogens with zero attached hydrogens (tertiary/aromatic N) is 1. The second-order valence-corrected chi connectivity index (χ2v) is 8.98. The molecule has 3 aromatic carbocycles. The summed E-state index contributed by atoms with van der Waals surface area (Å²) in [5.74, 6) is 0.254.